The number of esters is 1. The lowest BCUT2D eigenvalue weighted by Gasteiger charge is -2.23. The molecule has 146 valence electrons. The van der Waals surface area contributed by atoms with Crippen molar-refractivity contribution >= 4 is 34.7 Å². The Morgan fingerprint density at radius 2 is 2.29 bits per heavy atom. The molecular formula is C21H22N2O3S2. The molecular weight excluding hydrogens is 392 g/mol. The van der Waals surface area contributed by atoms with E-state index in [4.69, 9.17) is 4.74 Å². The third kappa shape index (κ3) is 3.44. The molecule has 1 aliphatic heterocycles. The number of allylic oxidation sites excluding steroid dienone is 3. The standard InChI is InChI=1S/C21H22N2O3S2/c1-3-26-20(25)17-13(2)22-21-23(18(17)15-10-7-11-27-15)19(24)16(28-21)12-14-8-5-4-6-9-14/h4-5,7,10-12,14,18H,3,6,8-9H2,1-2H3. The summed E-state index contributed by atoms with van der Waals surface area (Å²) in [5.41, 5.74) is 0.986. The Labute approximate surface area is 171 Å². The number of nitrogens with zero attached hydrogens (tertiary/aromatic N) is 2. The molecule has 1 aliphatic carbocycles. The topological polar surface area (TPSA) is 60.7 Å². The third-order valence-electron chi connectivity index (χ3n) is 5.03. The SMILES string of the molecule is CCOC(=O)C1=C(C)N=c2sc(=CC3CC=CCC3)c(=O)n2C1c1cccs1. The summed E-state index contributed by atoms with van der Waals surface area (Å²) in [4.78, 5) is 32.2. The number of rotatable bonds is 4. The summed E-state index contributed by atoms with van der Waals surface area (Å²) in [6, 6.07) is 3.40. The first kappa shape index (κ1) is 19.1. The van der Waals surface area contributed by atoms with Crippen molar-refractivity contribution in [3.05, 3.63) is 65.5 Å². The molecule has 2 atom stereocenters. The van der Waals surface area contributed by atoms with Crippen molar-refractivity contribution in [2.24, 2.45) is 10.9 Å². The van der Waals surface area contributed by atoms with Gasteiger partial charge in [-0.25, -0.2) is 9.79 Å². The van der Waals surface area contributed by atoms with Crippen molar-refractivity contribution in [1.82, 2.24) is 4.57 Å². The molecule has 0 amide bonds. The number of carbonyl (C=O) groups excluding carboxylic acids is 1. The van der Waals surface area contributed by atoms with Crippen LogP contribution in [0.15, 0.2) is 50.7 Å². The average molecular weight is 415 g/mol. The van der Waals surface area contributed by atoms with Gasteiger partial charge in [-0.15, -0.1) is 11.3 Å². The van der Waals surface area contributed by atoms with Crippen LogP contribution in [0.5, 0.6) is 0 Å². The summed E-state index contributed by atoms with van der Waals surface area (Å²) in [5, 5.41) is 1.96. The number of hydrogen-bond acceptors (Lipinski definition) is 6. The van der Waals surface area contributed by atoms with Crippen molar-refractivity contribution in [3.8, 4) is 0 Å². The molecule has 2 aromatic heterocycles. The minimum atomic E-state index is -0.483. The van der Waals surface area contributed by atoms with E-state index in [1.807, 2.05) is 24.4 Å². The highest BCUT2D eigenvalue weighted by atomic mass is 32.1. The molecule has 0 saturated heterocycles. The minimum absolute atomic E-state index is 0.0778. The Kier molecular flexibility index (Phi) is 5.46. The molecule has 4 rings (SSSR count). The first-order valence-electron chi connectivity index (χ1n) is 9.48. The molecule has 2 aromatic rings. The zero-order valence-corrected chi connectivity index (χ0v) is 17.5. The van der Waals surface area contributed by atoms with Crippen LogP contribution in [0.3, 0.4) is 0 Å². The van der Waals surface area contributed by atoms with E-state index in [1.54, 1.807) is 11.5 Å². The smallest absolute Gasteiger partial charge is 0.338 e. The van der Waals surface area contributed by atoms with Gasteiger partial charge in [0.25, 0.3) is 5.56 Å². The molecule has 2 aliphatic rings. The van der Waals surface area contributed by atoms with Gasteiger partial charge >= 0.3 is 5.97 Å². The second-order valence-electron chi connectivity index (χ2n) is 6.88. The monoisotopic (exact) mass is 414 g/mol. The van der Waals surface area contributed by atoms with Crippen LogP contribution in [-0.2, 0) is 9.53 Å². The van der Waals surface area contributed by atoms with Crippen LogP contribution in [0.1, 0.15) is 44.0 Å². The summed E-state index contributed by atoms with van der Waals surface area (Å²) in [6.07, 6.45) is 9.52. The Hall–Kier alpha value is -2.25. The normalized spacial score (nSPS) is 22.1. The molecule has 0 saturated carbocycles. The Morgan fingerprint density at radius 1 is 1.43 bits per heavy atom. The number of thiazole rings is 1. The van der Waals surface area contributed by atoms with E-state index < -0.39 is 12.0 Å². The number of aromatic nitrogens is 1. The Morgan fingerprint density at radius 3 is 2.96 bits per heavy atom. The number of carbonyl (C=O) groups is 1. The Balaban J connectivity index is 1.88. The summed E-state index contributed by atoms with van der Waals surface area (Å²) in [5.74, 6) is -0.0361. The van der Waals surface area contributed by atoms with E-state index >= 15 is 0 Å². The van der Waals surface area contributed by atoms with Crippen LogP contribution >= 0.6 is 22.7 Å². The molecule has 0 aromatic carbocycles. The first-order valence-corrected chi connectivity index (χ1v) is 11.2. The van der Waals surface area contributed by atoms with Crippen LogP contribution < -0.4 is 14.9 Å². The van der Waals surface area contributed by atoms with Crippen LogP contribution in [-0.4, -0.2) is 17.1 Å². The second kappa shape index (κ2) is 8.01. The fraction of sp³-hybridized carbons (Fsp3) is 0.381. The minimum Gasteiger partial charge on any atom is -0.463 e. The highest BCUT2D eigenvalue weighted by molar-refractivity contribution is 7.10. The highest BCUT2D eigenvalue weighted by Crippen LogP contribution is 2.33. The number of hydrogen-bond donors (Lipinski definition) is 0. The van der Waals surface area contributed by atoms with E-state index in [9.17, 15) is 9.59 Å². The summed E-state index contributed by atoms with van der Waals surface area (Å²) in [6.45, 7) is 3.88. The fourth-order valence-electron chi connectivity index (χ4n) is 3.70. The van der Waals surface area contributed by atoms with Crippen molar-refractivity contribution in [1.29, 1.82) is 0 Å². The molecule has 5 nitrogen and oxygen atoms in total. The van der Waals surface area contributed by atoms with E-state index in [-0.39, 0.29) is 12.2 Å². The van der Waals surface area contributed by atoms with Crippen LogP contribution in [0.2, 0.25) is 0 Å². The molecule has 7 heteroatoms. The molecule has 0 N–H and O–H groups in total. The van der Waals surface area contributed by atoms with Gasteiger partial charge in [0.05, 0.1) is 22.4 Å². The van der Waals surface area contributed by atoms with Crippen LogP contribution in [0.25, 0.3) is 6.08 Å². The van der Waals surface area contributed by atoms with E-state index in [1.165, 1.54) is 22.7 Å². The van der Waals surface area contributed by atoms with Crippen LogP contribution in [0, 0.1) is 5.92 Å². The maximum absolute atomic E-state index is 13.3. The lowest BCUT2D eigenvalue weighted by molar-refractivity contribution is -0.139. The van der Waals surface area contributed by atoms with Gasteiger partial charge in [0.2, 0.25) is 0 Å². The average Bonchev–Trinajstić information content (AvgIpc) is 3.31. The van der Waals surface area contributed by atoms with E-state index in [0.717, 1.165) is 24.1 Å². The number of ether oxygens (including phenoxy) is 1. The van der Waals surface area contributed by atoms with Crippen molar-refractivity contribution in [3.63, 3.8) is 0 Å². The van der Waals surface area contributed by atoms with Gasteiger partial charge in [-0.2, -0.15) is 0 Å². The van der Waals surface area contributed by atoms with Gasteiger partial charge in [-0.1, -0.05) is 35.6 Å². The van der Waals surface area contributed by atoms with Gasteiger partial charge < -0.3 is 4.74 Å². The maximum Gasteiger partial charge on any atom is 0.338 e. The molecule has 0 bridgehead atoms. The Bertz CT molecular complexity index is 1120. The number of fused-ring (bicyclic) bond motifs is 1. The van der Waals surface area contributed by atoms with Crippen LogP contribution in [0.4, 0.5) is 0 Å². The molecule has 0 spiro atoms. The summed E-state index contributed by atoms with van der Waals surface area (Å²) in [7, 11) is 0. The van der Waals surface area contributed by atoms with Crippen molar-refractivity contribution < 1.29 is 9.53 Å². The molecule has 2 unspecified atom stereocenters. The third-order valence-corrected chi connectivity index (χ3v) is 6.95. The van der Waals surface area contributed by atoms with Gasteiger partial charge in [0, 0.05) is 4.88 Å². The van der Waals surface area contributed by atoms with Gasteiger partial charge in [0.15, 0.2) is 4.80 Å². The summed E-state index contributed by atoms with van der Waals surface area (Å²) >= 11 is 2.94. The quantitative estimate of drug-likeness (QED) is 0.570. The zero-order valence-electron chi connectivity index (χ0n) is 15.9. The van der Waals surface area contributed by atoms with Gasteiger partial charge in [-0.3, -0.25) is 9.36 Å². The maximum atomic E-state index is 13.3. The van der Waals surface area contributed by atoms with Gasteiger partial charge in [-0.05, 0) is 50.5 Å². The second-order valence-corrected chi connectivity index (χ2v) is 8.87. The van der Waals surface area contributed by atoms with E-state index in [2.05, 4.69) is 23.2 Å². The molecule has 3 heterocycles. The molecule has 0 radical (unpaired) electrons. The number of thiophene rings is 1. The van der Waals surface area contributed by atoms with Gasteiger partial charge in [0.1, 0.15) is 6.04 Å². The summed E-state index contributed by atoms with van der Waals surface area (Å²) < 4.78 is 7.66. The predicted molar refractivity (Wildman–Crippen MR) is 112 cm³/mol. The molecule has 28 heavy (non-hydrogen) atoms. The van der Waals surface area contributed by atoms with E-state index in [0.29, 0.717) is 26.5 Å². The van der Waals surface area contributed by atoms with Crippen molar-refractivity contribution in [2.75, 3.05) is 6.61 Å². The molecule has 0 fully saturated rings. The fourth-order valence-corrected chi connectivity index (χ4v) is 5.64. The largest absolute Gasteiger partial charge is 0.463 e. The zero-order chi connectivity index (χ0) is 19.7. The lowest BCUT2D eigenvalue weighted by atomic mass is 9.94. The van der Waals surface area contributed by atoms with Crippen molar-refractivity contribution in [2.45, 2.75) is 39.2 Å². The highest BCUT2D eigenvalue weighted by Gasteiger charge is 2.33. The lowest BCUT2D eigenvalue weighted by Crippen LogP contribution is -2.39. The first-order chi connectivity index (χ1) is 13.6. The predicted octanol–water partition coefficient (Wildman–Crippen LogP) is 3.17.